The van der Waals surface area contributed by atoms with Gasteiger partial charge in [0.05, 0.1) is 24.5 Å². The highest BCUT2D eigenvalue weighted by molar-refractivity contribution is 7.86. The molecule has 11 heteroatoms. The summed E-state index contributed by atoms with van der Waals surface area (Å²) in [6.45, 7) is 1.75. The van der Waals surface area contributed by atoms with E-state index in [1.807, 2.05) is 0 Å². The fraction of sp³-hybridized carbons (Fsp3) is 0.917. The summed E-state index contributed by atoms with van der Waals surface area (Å²) in [4.78, 5) is 11.7. The van der Waals surface area contributed by atoms with Gasteiger partial charge in [-0.15, -0.1) is 0 Å². The molecule has 1 rings (SSSR count). The van der Waals surface area contributed by atoms with Crippen LogP contribution >= 0.6 is 0 Å². The zero-order chi connectivity index (χ0) is 18.3. The lowest BCUT2D eigenvalue weighted by Gasteiger charge is -2.42. The quantitative estimate of drug-likeness (QED) is 0.416. The molecule has 2 unspecified atom stereocenters. The van der Waals surface area contributed by atoms with Crippen LogP contribution in [0.1, 0.15) is 33.1 Å². The topological polar surface area (TPSA) is 104 Å². The van der Waals surface area contributed by atoms with Crippen molar-refractivity contribution >= 4 is 16.1 Å². The Morgan fingerprint density at radius 3 is 2.13 bits per heavy atom. The summed E-state index contributed by atoms with van der Waals surface area (Å²) in [5.74, 6) is -7.29. The first-order valence-electron chi connectivity index (χ1n) is 6.71. The van der Waals surface area contributed by atoms with Crippen molar-refractivity contribution in [1.29, 1.82) is 0 Å². The molecular formula is C12H17F4O6S-. The second-order valence-corrected chi connectivity index (χ2v) is 7.46. The molecule has 1 saturated carbocycles. The predicted octanol–water partition coefficient (Wildman–Crippen LogP) is 1.49. The Balaban J connectivity index is 2.59. The van der Waals surface area contributed by atoms with Crippen molar-refractivity contribution in [3.8, 4) is 0 Å². The second kappa shape index (κ2) is 6.17. The average Bonchev–Trinajstić information content (AvgIpc) is 2.22. The van der Waals surface area contributed by atoms with Crippen LogP contribution in [0.3, 0.4) is 0 Å². The van der Waals surface area contributed by atoms with Crippen LogP contribution in [0.15, 0.2) is 0 Å². The monoisotopic (exact) mass is 365 g/mol. The van der Waals surface area contributed by atoms with Crippen LogP contribution in [0.25, 0.3) is 0 Å². The fourth-order valence-corrected chi connectivity index (χ4v) is 2.81. The molecule has 23 heavy (non-hydrogen) atoms. The number of esters is 1. The standard InChI is InChI=1S/C12H18F4O6S/c1-10(2,18)8-4-3-7(8)9(17)22-6-5-11(13,14)12(15,16)23(19,20)21/h7-8,18H,3-6H2,1-2H3,(H,19,20,21)/p-1. The van der Waals surface area contributed by atoms with Gasteiger partial charge in [0.2, 0.25) is 0 Å². The Bertz CT molecular complexity index is 554. The Morgan fingerprint density at radius 1 is 1.26 bits per heavy atom. The van der Waals surface area contributed by atoms with Crippen LogP contribution in [-0.4, -0.2) is 47.4 Å². The Morgan fingerprint density at radius 2 is 1.78 bits per heavy atom. The fourth-order valence-electron chi connectivity index (χ4n) is 2.34. The van der Waals surface area contributed by atoms with Crippen molar-refractivity contribution in [3.05, 3.63) is 0 Å². The number of carbonyl (C=O) groups excluding carboxylic acids is 1. The van der Waals surface area contributed by atoms with Gasteiger partial charge >= 0.3 is 17.1 Å². The van der Waals surface area contributed by atoms with Crippen LogP contribution in [0.5, 0.6) is 0 Å². The third kappa shape index (κ3) is 4.13. The molecule has 2 atom stereocenters. The number of aliphatic hydroxyl groups is 1. The Kier molecular flexibility index (Phi) is 5.39. The number of carbonyl (C=O) groups is 1. The van der Waals surface area contributed by atoms with E-state index in [0.717, 1.165) is 0 Å². The van der Waals surface area contributed by atoms with Crippen molar-refractivity contribution in [1.82, 2.24) is 0 Å². The van der Waals surface area contributed by atoms with Gasteiger partial charge in [0, 0.05) is 5.92 Å². The summed E-state index contributed by atoms with van der Waals surface area (Å²) < 4.78 is 87.1. The highest BCUT2D eigenvalue weighted by Gasteiger charge is 2.61. The van der Waals surface area contributed by atoms with Gasteiger partial charge in [-0.05, 0) is 26.7 Å². The molecule has 0 bridgehead atoms. The number of halogens is 4. The minimum absolute atomic E-state index is 0.356. The van der Waals surface area contributed by atoms with Crippen LogP contribution in [0.4, 0.5) is 17.6 Å². The molecule has 0 aliphatic heterocycles. The number of hydrogen-bond donors (Lipinski definition) is 1. The summed E-state index contributed by atoms with van der Waals surface area (Å²) in [7, 11) is -6.56. The van der Waals surface area contributed by atoms with Gasteiger partial charge in [-0.2, -0.15) is 17.6 Å². The molecule has 0 aromatic rings. The van der Waals surface area contributed by atoms with Crippen molar-refractivity contribution in [2.45, 2.75) is 49.9 Å². The summed E-state index contributed by atoms with van der Waals surface area (Å²) in [5.41, 5.74) is -1.18. The molecule has 0 radical (unpaired) electrons. The highest BCUT2D eigenvalue weighted by atomic mass is 32.2. The molecule has 0 aromatic heterocycles. The minimum Gasteiger partial charge on any atom is -0.743 e. The number of hydrogen-bond acceptors (Lipinski definition) is 6. The SMILES string of the molecule is CC(C)(O)C1CCC1C(=O)OCCC(F)(F)C(F)(F)S(=O)(=O)[O-]. The van der Waals surface area contributed by atoms with E-state index < -0.39 is 57.7 Å². The maximum absolute atomic E-state index is 13.2. The Hall–Kier alpha value is -0.940. The summed E-state index contributed by atoms with van der Waals surface area (Å²) in [6, 6.07) is 0. The maximum atomic E-state index is 13.2. The molecule has 1 aliphatic carbocycles. The predicted molar refractivity (Wildman–Crippen MR) is 67.7 cm³/mol. The van der Waals surface area contributed by atoms with E-state index >= 15 is 0 Å². The van der Waals surface area contributed by atoms with E-state index in [0.29, 0.717) is 12.8 Å². The molecule has 0 amide bonds. The minimum atomic E-state index is -6.56. The van der Waals surface area contributed by atoms with E-state index in [2.05, 4.69) is 4.74 Å². The lowest BCUT2D eigenvalue weighted by Crippen LogP contribution is -2.48. The molecule has 1 fully saturated rings. The van der Waals surface area contributed by atoms with E-state index in [1.54, 1.807) is 0 Å². The van der Waals surface area contributed by atoms with E-state index in [1.165, 1.54) is 13.8 Å². The molecular weight excluding hydrogens is 348 g/mol. The zero-order valence-corrected chi connectivity index (χ0v) is 13.2. The number of ether oxygens (including phenoxy) is 1. The van der Waals surface area contributed by atoms with Crippen molar-refractivity contribution in [2.24, 2.45) is 11.8 Å². The Labute approximate surface area is 130 Å². The van der Waals surface area contributed by atoms with Crippen molar-refractivity contribution in [3.63, 3.8) is 0 Å². The third-order valence-electron chi connectivity index (χ3n) is 3.88. The molecule has 136 valence electrons. The smallest absolute Gasteiger partial charge is 0.396 e. The van der Waals surface area contributed by atoms with Crippen LogP contribution in [0, 0.1) is 11.8 Å². The summed E-state index contributed by atoms with van der Waals surface area (Å²) in [6.07, 6.45) is -0.936. The van der Waals surface area contributed by atoms with Crippen molar-refractivity contribution in [2.75, 3.05) is 6.61 Å². The summed E-state index contributed by atoms with van der Waals surface area (Å²) in [5, 5.41) is 3.99. The maximum Gasteiger partial charge on any atom is 0.396 e. The van der Waals surface area contributed by atoms with E-state index in [9.17, 15) is 40.4 Å². The first-order chi connectivity index (χ1) is 10.1. The zero-order valence-electron chi connectivity index (χ0n) is 12.4. The van der Waals surface area contributed by atoms with Crippen molar-refractivity contribution < 1.29 is 45.2 Å². The number of rotatable bonds is 7. The van der Waals surface area contributed by atoms with Crippen LogP contribution in [-0.2, 0) is 19.6 Å². The van der Waals surface area contributed by atoms with Crippen LogP contribution in [0.2, 0.25) is 0 Å². The lowest BCUT2D eigenvalue weighted by molar-refractivity contribution is -0.180. The first-order valence-corrected chi connectivity index (χ1v) is 8.12. The van der Waals surface area contributed by atoms with Gasteiger partial charge in [0.15, 0.2) is 10.1 Å². The second-order valence-electron chi connectivity index (χ2n) is 6.04. The van der Waals surface area contributed by atoms with Gasteiger partial charge in [-0.1, -0.05) is 0 Å². The molecule has 0 heterocycles. The highest BCUT2D eigenvalue weighted by Crippen LogP contribution is 2.43. The van der Waals surface area contributed by atoms with Gasteiger partial charge in [-0.25, -0.2) is 8.42 Å². The first kappa shape index (κ1) is 20.1. The molecule has 1 N–H and O–H groups in total. The third-order valence-corrected chi connectivity index (χ3v) is 4.81. The largest absolute Gasteiger partial charge is 0.743 e. The summed E-state index contributed by atoms with van der Waals surface area (Å²) >= 11 is 0. The van der Waals surface area contributed by atoms with Gasteiger partial charge in [-0.3, -0.25) is 4.79 Å². The number of alkyl halides is 4. The molecule has 0 spiro atoms. The van der Waals surface area contributed by atoms with Gasteiger partial charge < -0.3 is 14.4 Å². The molecule has 6 nitrogen and oxygen atoms in total. The van der Waals surface area contributed by atoms with E-state index in [-0.39, 0.29) is 0 Å². The lowest BCUT2D eigenvalue weighted by atomic mass is 9.66. The normalized spacial score (nSPS) is 23.3. The molecule has 1 aliphatic rings. The average molecular weight is 365 g/mol. The molecule has 0 saturated heterocycles. The van der Waals surface area contributed by atoms with Gasteiger partial charge in [0.25, 0.3) is 0 Å². The van der Waals surface area contributed by atoms with Gasteiger partial charge in [0.1, 0.15) is 0 Å². The van der Waals surface area contributed by atoms with Crippen LogP contribution < -0.4 is 0 Å². The van der Waals surface area contributed by atoms with E-state index in [4.69, 9.17) is 0 Å². The molecule has 0 aromatic carbocycles.